The third-order valence-corrected chi connectivity index (χ3v) is 6.55. The van der Waals surface area contributed by atoms with Gasteiger partial charge >= 0.3 is 0 Å². The van der Waals surface area contributed by atoms with Gasteiger partial charge in [0, 0.05) is 25.2 Å². The van der Waals surface area contributed by atoms with E-state index in [9.17, 15) is 4.79 Å². The fourth-order valence-corrected chi connectivity index (χ4v) is 4.53. The van der Waals surface area contributed by atoms with Crippen LogP contribution in [-0.4, -0.2) is 44.7 Å². The maximum absolute atomic E-state index is 13.5. The van der Waals surface area contributed by atoms with Crippen molar-refractivity contribution in [2.45, 2.75) is 46.2 Å². The molecule has 2 N–H and O–H groups in total. The molecule has 0 aliphatic carbocycles. The first-order valence-corrected chi connectivity index (χ1v) is 10.6. The lowest BCUT2D eigenvalue weighted by Crippen LogP contribution is -2.54. The quantitative estimate of drug-likeness (QED) is 0.598. The van der Waals surface area contributed by atoms with Gasteiger partial charge in [0.25, 0.3) is 5.91 Å². The SMILES string of the molecule is CC(C)n1ncc2c(C(=O)N3CCC(N)C(C)(C)C3)cc(-c3cccs3)nc21.Cl.Cl. The molecule has 1 amide bonds. The summed E-state index contributed by atoms with van der Waals surface area (Å²) in [6.07, 6.45) is 2.59. The molecule has 9 heteroatoms. The Hall–Kier alpha value is -1.67. The largest absolute Gasteiger partial charge is 0.338 e. The van der Waals surface area contributed by atoms with Crippen LogP contribution >= 0.6 is 36.2 Å². The molecule has 1 atom stereocenters. The highest BCUT2D eigenvalue weighted by molar-refractivity contribution is 7.13. The standard InChI is InChI=1S/C21H27N5OS.2ClH/c1-13(2)26-19-15(11-23-26)14(10-16(24-19)17-6-5-9-28-17)20(27)25-8-7-18(22)21(3,4)12-25;;/h5-6,9-11,13,18H,7-8,12,22H2,1-4H3;2*1H. The van der Waals surface area contributed by atoms with Gasteiger partial charge in [-0.05, 0) is 43.2 Å². The highest BCUT2D eigenvalue weighted by atomic mass is 35.5. The third-order valence-electron chi connectivity index (χ3n) is 5.66. The van der Waals surface area contributed by atoms with E-state index in [1.807, 2.05) is 33.2 Å². The van der Waals surface area contributed by atoms with Gasteiger partial charge in [0.1, 0.15) is 0 Å². The second-order valence-corrected chi connectivity index (χ2v) is 9.51. The van der Waals surface area contributed by atoms with Gasteiger partial charge in [-0.3, -0.25) is 4.79 Å². The van der Waals surface area contributed by atoms with Crippen molar-refractivity contribution in [2.24, 2.45) is 11.1 Å². The van der Waals surface area contributed by atoms with Crippen LogP contribution < -0.4 is 5.73 Å². The summed E-state index contributed by atoms with van der Waals surface area (Å²) in [6, 6.07) is 6.23. The number of carbonyl (C=O) groups is 1. The lowest BCUT2D eigenvalue weighted by atomic mass is 9.79. The maximum atomic E-state index is 13.5. The molecule has 4 heterocycles. The van der Waals surface area contributed by atoms with Crippen molar-refractivity contribution in [3.05, 3.63) is 35.3 Å². The molecule has 0 radical (unpaired) electrons. The van der Waals surface area contributed by atoms with E-state index >= 15 is 0 Å². The van der Waals surface area contributed by atoms with Gasteiger partial charge < -0.3 is 10.6 Å². The number of hydrogen-bond donors (Lipinski definition) is 1. The number of amides is 1. The van der Waals surface area contributed by atoms with Crippen LogP contribution in [0.1, 0.15) is 50.5 Å². The predicted molar refractivity (Wildman–Crippen MR) is 128 cm³/mol. The first-order valence-electron chi connectivity index (χ1n) is 9.75. The van der Waals surface area contributed by atoms with Crippen LogP contribution in [-0.2, 0) is 0 Å². The number of halogens is 2. The zero-order valence-electron chi connectivity index (χ0n) is 17.7. The van der Waals surface area contributed by atoms with Crippen LogP contribution in [0, 0.1) is 5.41 Å². The molecule has 6 nitrogen and oxygen atoms in total. The average molecular weight is 470 g/mol. The van der Waals surface area contributed by atoms with Crippen molar-refractivity contribution in [3.63, 3.8) is 0 Å². The second kappa shape index (κ2) is 9.22. The maximum Gasteiger partial charge on any atom is 0.254 e. The molecule has 1 fully saturated rings. The van der Waals surface area contributed by atoms with Crippen LogP contribution in [0.25, 0.3) is 21.6 Å². The van der Waals surface area contributed by atoms with Gasteiger partial charge in [0.05, 0.1) is 27.7 Å². The number of thiophene rings is 1. The molecule has 3 aromatic heterocycles. The van der Waals surface area contributed by atoms with Crippen molar-refractivity contribution < 1.29 is 4.79 Å². The molecule has 0 bridgehead atoms. The number of likely N-dealkylation sites (tertiary alicyclic amines) is 1. The normalized spacial score (nSPS) is 18.2. The molecular weight excluding hydrogens is 441 g/mol. The van der Waals surface area contributed by atoms with E-state index in [1.165, 1.54) is 0 Å². The van der Waals surface area contributed by atoms with Gasteiger partial charge in [-0.2, -0.15) is 5.10 Å². The minimum Gasteiger partial charge on any atom is -0.338 e. The molecule has 164 valence electrons. The van der Waals surface area contributed by atoms with Crippen LogP contribution in [0.4, 0.5) is 0 Å². The molecule has 0 spiro atoms. The van der Waals surface area contributed by atoms with E-state index in [-0.39, 0.29) is 48.2 Å². The Morgan fingerprint density at radius 1 is 1.33 bits per heavy atom. The van der Waals surface area contributed by atoms with Crippen LogP contribution in [0.15, 0.2) is 29.8 Å². The third kappa shape index (κ3) is 4.35. The number of piperidine rings is 1. The first kappa shape index (κ1) is 24.6. The molecule has 0 aromatic carbocycles. The van der Waals surface area contributed by atoms with Crippen LogP contribution in [0.3, 0.4) is 0 Å². The van der Waals surface area contributed by atoms with Crippen LogP contribution in [0.5, 0.6) is 0 Å². The van der Waals surface area contributed by atoms with Gasteiger partial charge in [0.2, 0.25) is 0 Å². The van der Waals surface area contributed by atoms with E-state index < -0.39 is 0 Å². The van der Waals surface area contributed by atoms with Crippen molar-refractivity contribution in [3.8, 4) is 10.6 Å². The number of aromatic nitrogens is 3. The summed E-state index contributed by atoms with van der Waals surface area (Å²) in [6.45, 7) is 9.74. The van der Waals surface area contributed by atoms with E-state index in [0.717, 1.165) is 28.0 Å². The van der Waals surface area contributed by atoms with E-state index in [1.54, 1.807) is 17.5 Å². The number of nitrogens with two attached hydrogens (primary N) is 1. The molecular formula is C21H29Cl2N5OS. The summed E-state index contributed by atoms with van der Waals surface area (Å²) in [4.78, 5) is 21.4. The highest BCUT2D eigenvalue weighted by Gasteiger charge is 2.36. The molecule has 1 saturated heterocycles. The molecule has 0 saturated carbocycles. The summed E-state index contributed by atoms with van der Waals surface area (Å²) in [5.41, 5.74) is 8.43. The Kier molecular flexibility index (Phi) is 7.56. The molecule has 1 aliphatic rings. The number of rotatable bonds is 3. The Morgan fingerprint density at radius 2 is 2.07 bits per heavy atom. The van der Waals surface area contributed by atoms with Crippen molar-refractivity contribution >= 4 is 53.1 Å². The predicted octanol–water partition coefficient (Wildman–Crippen LogP) is 4.78. The average Bonchev–Trinajstić information content (AvgIpc) is 3.31. The van der Waals surface area contributed by atoms with Crippen molar-refractivity contribution in [1.82, 2.24) is 19.7 Å². The highest BCUT2D eigenvalue weighted by Crippen LogP contribution is 2.32. The summed E-state index contributed by atoms with van der Waals surface area (Å²) in [7, 11) is 0. The molecule has 3 aromatic rings. The van der Waals surface area contributed by atoms with Gasteiger partial charge in [-0.1, -0.05) is 19.9 Å². The zero-order chi connectivity index (χ0) is 20.1. The number of hydrogen-bond acceptors (Lipinski definition) is 5. The number of nitrogens with zero attached hydrogens (tertiary/aromatic N) is 4. The summed E-state index contributed by atoms with van der Waals surface area (Å²) in [5, 5.41) is 7.35. The summed E-state index contributed by atoms with van der Waals surface area (Å²) < 4.78 is 1.89. The van der Waals surface area contributed by atoms with Crippen LogP contribution in [0.2, 0.25) is 0 Å². The summed E-state index contributed by atoms with van der Waals surface area (Å²) in [5.74, 6) is 0.0356. The Labute approximate surface area is 193 Å². The van der Waals surface area contributed by atoms with E-state index in [0.29, 0.717) is 18.7 Å². The van der Waals surface area contributed by atoms with Crippen molar-refractivity contribution in [1.29, 1.82) is 0 Å². The fraction of sp³-hybridized carbons (Fsp3) is 0.476. The molecule has 4 rings (SSSR count). The Balaban J connectivity index is 0.00000160. The zero-order valence-corrected chi connectivity index (χ0v) is 20.1. The van der Waals surface area contributed by atoms with E-state index in [2.05, 4.69) is 32.8 Å². The minimum atomic E-state index is -0.0985. The monoisotopic (exact) mass is 469 g/mol. The lowest BCUT2D eigenvalue weighted by molar-refractivity contribution is 0.0535. The number of carbonyl (C=O) groups excluding carboxylic acids is 1. The minimum absolute atomic E-state index is 0. The lowest BCUT2D eigenvalue weighted by Gasteiger charge is -2.42. The summed E-state index contributed by atoms with van der Waals surface area (Å²) >= 11 is 1.62. The topological polar surface area (TPSA) is 77.0 Å². The fourth-order valence-electron chi connectivity index (χ4n) is 3.84. The van der Waals surface area contributed by atoms with E-state index in [4.69, 9.17) is 10.7 Å². The van der Waals surface area contributed by atoms with Gasteiger partial charge in [-0.15, -0.1) is 36.2 Å². The van der Waals surface area contributed by atoms with Gasteiger partial charge in [-0.25, -0.2) is 9.67 Å². The first-order chi connectivity index (χ1) is 13.3. The number of pyridine rings is 1. The number of fused-ring (bicyclic) bond motifs is 1. The Morgan fingerprint density at radius 3 is 2.67 bits per heavy atom. The molecule has 1 unspecified atom stereocenters. The second-order valence-electron chi connectivity index (χ2n) is 8.56. The molecule has 1 aliphatic heterocycles. The molecule has 30 heavy (non-hydrogen) atoms. The smallest absolute Gasteiger partial charge is 0.254 e. The van der Waals surface area contributed by atoms with Gasteiger partial charge in [0.15, 0.2) is 5.65 Å². The Bertz CT molecular complexity index is 1020. The van der Waals surface area contributed by atoms with Crippen molar-refractivity contribution in [2.75, 3.05) is 13.1 Å².